The molecule has 1 aromatic heterocycles. The van der Waals surface area contributed by atoms with Gasteiger partial charge < -0.3 is 10.2 Å². The second-order valence-corrected chi connectivity index (χ2v) is 4.07. The van der Waals surface area contributed by atoms with Crippen molar-refractivity contribution in [3.05, 3.63) is 58.5 Å². The third-order valence-corrected chi connectivity index (χ3v) is 2.80. The van der Waals surface area contributed by atoms with Crippen molar-refractivity contribution in [2.24, 2.45) is 5.73 Å². The van der Waals surface area contributed by atoms with Gasteiger partial charge in [0.25, 0.3) is 0 Å². The van der Waals surface area contributed by atoms with Gasteiger partial charge in [-0.05, 0) is 37.1 Å². The molecule has 0 amide bonds. The number of hydrogen-bond donors (Lipinski definition) is 1. The molecule has 2 nitrogen and oxygen atoms in total. The molecule has 17 heavy (non-hydrogen) atoms. The quantitative estimate of drug-likeness (QED) is 0.871. The van der Waals surface area contributed by atoms with E-state index < -0.39 is 17.7 Å². The van der Waals surface area contributed by atoms with Gasteiger partial charge in [-0.1, -0.05) is 0 Å². The van der Waals surface area contributed by atoms with Crippen molar-refractivity contribution in [1.29, 1.82) is 0 Å². The van der Waals surface area contributed by atoms with Crippen LogP contribution in [0, 0.1) is 25.5 Å². The van der Waals surface area contributed by atoms with Crippen LogP contribution >= 0.6 is 0 Å². The molecular formula is C13H13F2NO. The number of halogens is 2. The molecule has 0 aliphatic heterocycles. The third-order valence-electron chi connectivity index (χ3n) is 2.80. The molecule has 0 aliphatic rings. The molecule has 1 aromatic carbocycles. The Morgan fingerprint density at radius 3 is 2.41 bits per heavy atom. The van der Waals surface area contributed by atoms with Crippen molar-refractivity contribution in [3.63, 3.8) is 0 Å². The minimum Gasteiger partial charge on any atom is -0.467 e. The number of hydrogen-bond acceptors (Lipinski definition) is 2. The van der Waals surface area contributed by atoms with E-state index in [0.29, 0.717) is 11.3 Å². The Balaban J connectivity index is 2.48. The average molecular weight is 237 g/mol. The molecule has 1 unspecified atom stereocenters. The van der Waals surface area contributed by atoms with E-state index in [1.165, 1.54) is 12.3 Å². The lowest BCUT2D eigenvalue weighted by atomic mass is 10.0. The molecule has 1 atom stereocenters. The second kappa shape index (κ2) is 4.30. The van der Waals surface area contributed by atoms with Gasteiger partial charge in [0.1, 0.15) is 17.4 Å². The van der Waals surface area contributed by atoms with Gasteiger partial charge in [0.05, 0.1) is 12.3 Å². The first-order valence-corrected chi connectivity index (χ1v) is 5.26. The van der Waals surface area contributed by atoms with Crippen LogP contribution in [0.5, 0.6) is 0 Å². The Hall–Kier alpha value is -1.68. The summed E-state index contributed by atoms with van der Waals surface area (Å²) >= 11 is 0. The van der Waals surface area contributed by atoms with Crippen molar-refractivity contribution in [2.75, 3.05) is 0 Å². The molecule has 0 spiro atoms. The summed E-state index contributed by atoms with van der Waals surface area (Å²) in [6.45, 7) is 3.40. The zero-order chi connectivity index (χ0) is 12.6. The maximum Gasteiger partial charge on any atom is 0.131 e. The Bertz CT molecular complexity index is 548. The van der Waals surface area contributed by atoms with E-state index in [-0.39, 0.29) is 5.56 Å². The molecule has 0 bridgehead atoms. The lowest BCUT2D eigenvalue weighted by molar-refractivity contribution is 0.475. The summed E-state index contributed by atoms with van der Waals surface area (Å²) in [6, 6.07) is 3.30. The van der Waals surface area contributed by atoms with Gasteiger partial charge in [0.15, 0.2) is 0 Å². The first-order chi connectivity index (χ1) is 8.00. The second-order valence-electron chi connectivity index (χ2n) is 4.07. The SMILES string of the molecule is Cc1cc(C(N)c2occc2C)c(F)cc1F. The summed E-state index contributed by atoms with van der Waals surface area (Å²) in [5, 5.41) is 0. The zero-order valence-corrected chi connectivity index (χ0v) is 9.63. The molecular weight excluding hydrogens is 224 g/mol. The van der Waals surface area contributed by atoms with Crippen LogP contribution in [-0.4, -0.2) is 0 Å². The van der Waals surface area contributed by atoms with E-state index in [9.17, 15) is 8.78 Å². The minimum absolute atomic E-state index is 0.238. The summed E-state index contributed by atoms with van der Waals surface area (Å²) < 4.78 is 32.0. The van der Waals surface area contributed by atoms with Crippen molar-refractivity contribution < 1.29 is 13.2 Å². The van der Waals surface area contributed by atoms with Crippen LogP contribution < -0.4 is 5.73 Å². The van der Waals surface area contributed by atoms with Gasteiger partial charge in [-0.3, -0.25) is 0 Å². The van der Waals surface area contributed by atoms with Gasteiger partial charge in [0.2, 0.25) is 0 Å². The maximum absolute atomic E-state index is 13.6. The lowest BCUT2D eigenvalue weighted by Gasteiger charge is -2.13. The Morgan fingerprint density at radius 1 is 1.12 bits per heavy atom. The van der Waals surface area contributed by atoms with E-state index in [0.717, 1.165) is 11.6 Å². The van der Waals surface area contributed by atoms with Crippen LogP contribution in [-0.2, 0) is 0 Å². The monoisotopic (exact) mass is 237 g/mol. The molecule has 90 valence electrons. The summed E-state index contributed by atoms with van der Waals surface area (Å²) in [5.74, 6) is -0.735. The highest BCUT2D eigenvalue weighted by Crippen LogP contribution is 2.27. The molecule has 2 rings (SSSR count). The van der Waals surface area contributed by atoms with Crippen LogP contribution in [0.2, 0.25) is 0 Å². The molecule has 0 saturated carbocycles. The minimum atomic E-state index is -0.718. The summed E-state index contributed by atoms with van der Waals surface area (Å²) in [4.78, 5) is 0. The van der Waals surface area contributed by atoms with E-state index in [4.69, 9.17) is 10.2 Å². The number of nitrogens with two attached hydrogens (primary N) is 1. The van der Waals surface area contributed by atoms with Gasteiger partial charge in [-0.2, -0.15) is 0 Å². The fourth-order valence-electron chi connectivity index (χ4n) is 1.76. The highest BCUT2D eigenvalue weighted by molar-refractivity contribution is 5.34. The van der Waals surface area contributed by atoms with E-state index >= 15 is 0 Å². The van der Waals surface area contributed by atoms with Crippen LogP contribution in [0.15, 0.2) is 28.9 Å². The molecule has 2 N–H and O–H groups in total. The largest absolute Gasteiger partial charge is 0.467 e. The molecule has 4 heteroatoms. The predicted molar refractivity (Wildman–Crippen MR) is 60.6 cm³/mol. The maximum atomic E-state index is 13.6. The van der Waals surface area contributed by atoms with Crippen LogP contribution in [0.25, 0.3) is 0 Å². The van der Waals surface area contributed by atoms with Gasteiger partial charge in [0, 0.05) is 11.6 Å². The molecule has 0 saturated heterocycles. The molecule has 0 aliphatic carbocycles. The van der Waals surface area contributed by atoms with Crippen LogP contribution in [0.3, 0.4) is 0 Å². The van der Waals surface area contributed by atoms with Crippen molar-refractivity contribution in [2.45, 2.75) is 19.9 Å². The zero-order valence-electron chi connectivity index (χ0n) is 9.63. The van der Waals surface area contributed by atoms with E-state index in [2.05, 4.69) is 0 Å². The van der Waals surface area contributed by atoms with Crippen LogP contribution in [0.4, 0.5) is 8.78 Å². The fraction of sp³-hybridized carbons (Fsp3) is 0.231. The van der Waals surface area contributed by atoms with Crippen molar-refractivity contribution in [3.8, 4) is 0 Å². The Morgan fingerprint density at radius 2 is 1.82 bits per heavy atom. The van der Waals surface area contributed by atoms with Crippen molar-refractivity contribution in [1.82, 2.24) is 0 Å². The fourth-order valence-corrected chi connectivity index (χ4v) is 1.76. The Labute approximate surface area is 98.0 Å². The van der Waals surface area contributed by atoms with Gasteiger partial charge in [-0.15, -0.1) is 0 Å². The van der Waals surface area contributed by atoms with E-state index in [1.807, 2.05) is 6.92 Å². The molecule has 0 radical (unpaired) electrons. The number of furan rings is 1. The highest BCUT2D eigenvalue weighted by Gasteiger charge is 2.19. The lowest BCUT2D eigenvalue weighted by Crippen LogP contribution is -2.14. The number of rotatable bonds is 2. The first kappa shape index (κ1) is 11.8. The van der Waals surface area contributed by atoms with Gasteiger partial charge in [-0.25, -0.2) is 8.78 Å². The molecule has 1 heterocycles. The molecule has 0 fully saturated rings. The number of benzene rings is 1. The van der Waals surface area contributed by atoms with Crippen LogP contribution in [0.1, 0.15) is 28.5 Å². The summed E-state index contributed by atoms with van der Waals surface area (Å²) in [5.41, 5.74) is 7.37. The normalized spacial score (nSPS) is 12.8. The van der Waals surface area contributed by atoms with E-state index in [1.54, 1.807) is 13.0 Å². The summed E-state index contributed by atoms with van der Waals surface area (Å²) in [6.07, 6.45) is 1.50. The summed E-state index contributed by atoms with van der Waals surface area (Å²) in [7, 11) is 0. The average Bonchev–Trinajstić information content (AvgIpc) is 2.69. The number of aryl methyl sites for hydroxylation is 2. The third kappa shape index (κ3) is 2.08. The van der Waals surface area contributed by atoms with Gasteiger partial charge >= 0.3 is 0 Å². The first-order valence-electron chi connectivity index (χ1n) is 5.26. The highest BCUT2D eigenvalue weighted by atomic mass is 19.1. The molecule has 2 aromatic rings. The standard InChI is InChI=1S/C13H13F2NO/c1-7-3-4-17-13(7)12(16)9-5-8(2)10(14)6-11(9)15/h3-6,12H,16H2,1-2H3. The smallest absolute Gasteiger partial charge is 0.131 e. The van der Waals surface area contributed by atoms with Crippen molar-refractivity contribution >= 4 is 0 Å². The topological polar surface area (TPSA) is 39.2 Å². The predicted octanol–water partition coefficient (Wildman–Crippen LogP) is 3.22. The Kier molecular flexibility index (Phi) is 2.98.